The van der Waals surface area contributed by atoms with E-state index in [1.807, 2.05) is 19.2 Å². The number of hydrogen-bond donors (Lipinski definition) is 3. The molecule has 2 rings (SSSR count). The number of nitrogens with one attached hydrogen (secondary N) is 1. The third-order valence-electron chi connectivity index (χ3n) is 2.85. The molecule has 0 atom stereocenters. The zero-order chi connectivity index (χ0) is 13.3. The Morgan fingerprint density at radius 1 is 1.28 bits per heavy atom. The van der Waals surface area contributed by atoms with Crippen molar-refractivity contribution in [2.45, 2.75) is 26.3 Å². The Labute approximate surface area is 110 Å². The Bertz CT molecular complexity index is 564. The molecule has 98 valence electrons. The summed E-state index contributed by atoms with van der Waals surface area (Å²) in [5.74, 6) is 1.34. The Morgan fingerprint density at radius 2 is 1.94 bits per heavy atom. The molecular weight excluding hydrogens is 250 g/mol. The van der Waals surface area contributed by atoms with Crippen molar-refractivity contribution in [2.24, 2.45) is 0 Å². The van der Waals surface area contributed by atoms with Crippen LogP contribution in [0.4, 0.5) is 5.82 Å². The van der Waals surface area contributed by atoms with E-state index in [-0.39, 0.29) is 13.2 Å². The molecule has 2 heterocycles. The predicted octanol–water partition coefficient (Wildman–Crippen LogP) is 1.46. The maximum atomic E-state index is 9.34. The summed E-state index contributed by atoms with van der Waals surface area (Å²) in [5, 5.41) is 24.8. The molecule has 0 amide bonds. The van der Waals surface area contributed by atoms with E-state index in [9.17, 15) is 10.2 Å². The number of aliphatic hydroxyl groups is 2. The quantitative estimate of drug-likeness (QED) is 0.781. The molecule has 3 N–H and O–H groups in total. The van der Waals surface area contributed by atoms with E-state index in [0.717, 1.165) is 15.8 Å². The van der Waals surface area contributed by atoms with Crippen LogP contribution >= 0.6 is 11.3 Å². The van der Waals surface area contributed by atoms with Crippen molar-refractivity contribution in [3.05, 3.63) is 16.8 Å². The first kappa shape index (κ1) is 13.2. The highest BCUT2D eigenvalue weighted by Crippen LogP contribution is 2.30. The summed E-state index contributed by atoms with van der Waals surface area (Å²) in [6.45, 7) is 5.24. The van der Waals surface area contributed by atoms with Gasteiger partial charge in [-0.15, -0.1) is 11.3 Å². The second-order valence-electron chi connectivity index (χ2n) is 4.72. The molecule has 0 saturated carbocycles. The Balaban J connectivity index is 2.52. The lowest BCUT2D eigenvalue weighted by Gasteiger charge is -2.27. The number of aryl methyl sites for hydroxylation is 2. The molecule has 0 unspecified atom stereocenters. The second kappa shape index (κ2) is 4.79. The number of nitrogens with zero attached hydrogens (tertiary/aromatic N) is 2. The Kier molecular flexibility index (Phi) is 3.52. The molecule has 0 saturated heterocycles. The van der Waals surface area contributed by atoms with Crippen molar-refractivity contribution in [1.82, 2.24) is 9.97 Å². The van der Waals surface area contributed by atoms with E-state index in [0.29, 0.717) is 11.6 Å². The lowest BCUT2D eigenvalue weighted by atomic mass is 10.1. The average molecular weight is 267 g/mol. The molecule has 0 bridgehead atoms. The molecule has 0 aliphatic rings. The van der Waals surface area contributed by atoms with Gasteiger partial charge in [0.25, 0.3) is 0 Å². The van der Waals surface area contributed by atoms with Crippen LogP contribution in [0.2, 0.25) is 0 Å². The zero-order valence-electron chi connectivity index (χ0n) is 10.7. The summed E-state index contributed by atoms with van der Waals surface area (Å²) < 4.78 is 0. The summed E-state index contributed by atoms with van der Waals surface area (Å²) in [5.41, 5.74) is 0.304. The van der Waals surface area contributed by atoms with Gasteiger partial charge in [0, 0.05) is 0 Å². The molecule has 18 heavy (non-hydrogen) atoms. The van der Waals surface area contributed by atoms with Gasteiger partial charge in [-0.25, -0.2) is 9.97 Å². The van der Waals surface area contributed by atoms with Crippen LogP contribution in [0.1, 0.15) is 18.3 Å². The van der Waals surface area contributed by atoms with Gasteiger partial charge < -0.3 is 15.5 Å². The van der Waals surface area contributed by atoms with Crippen molar-refractivity contribution < 1.29 is 10.2 Å². The smallest absolute Gasteiger partial charge is 0.139 e. The Hall–Kier alpha value is -1.24. The lowest BCUT2D eigenvalue weighted by Crippen LogP contribution is -2.42. The fourth-order valence-corrected chi connectivity index (χ4v) is 2.66. The van der Waals surface area contributed by atoms with Gasteiger partial charge in [-0.05, 0) is 31.7 Å². The van der Waals surface area contributed by atoms with Crippen LogP contribution in [-0.2, 0) is 0 Å². The molecule has 0 aliphatic heterocycles. The third-order valence-corrected chi connectivity index (χ3v) is 3.84. The first-order valence-corrected chi connectivity index (χ1v) is 6.59. The minimum Gasteiger partial charge on any atom is -0.394 e. The molecule has 0 radical (unpaired) electrons. The van der Waals surface area contributed by atoms with Crippen molar-refractivity contribution in [3.8, 4) is 0 Å². The van der Waals surface area contributed by atoms with Gasteiger partial charge in [-0.3, -0.25) is 0 Å². The number of rotatable bonds is 4. The minimum atomic E-state index is -0.790. The van der Waals surface area contributed by atoms with E-state index >= 15 is 0 Å². The maximum Gasteiger partial charge on any atom is 0.139 e. The van der Waals surface area contributed by atoms with Crippen LogP contribution in [0.3, 0.4) is 0 Å². The van der Waals surface area contributed by atoms with Gasteiger partial charge in [0.1, 0.15) is 16.5 Å². The summed E-state index contributed by atoms with van der Waals surface area (Å²) in [7, 11) is 0. The van der Waals surface area contributed by atoms with Crippen molar-refractivity contribution in [2.75, 3.05) is 18.5 Å². The van der Waals surface area contributed by atoms with Gasteiger partial charge >= 0.3 is 0 Å². The van der Waals surface area contributed by atoms with Crippen LogP contribution in [-0.4, -0.2) is 38.9 Å². The molecule has 2 aromatic heterocycles. The van der Waals surface area contributed by atoms with Crippen molar-refractivity contribution >= 4 is 27.4 Å². The third kappa shape index (κ3) is 2.31. The molecule has 0 aromatic carbocycles. The average Bonchev–Trinajstić information content (AvgIpc) is 2.70. The highest BCUT2D eigenvalue weighted by Gasteiger charge is 2.24. The minimum absolute atomic E-state index is 0.169. The first-order valence-electron chi connectivity index (χ1n) is 5.71. The topological polar surface area (TPSA) is 78.3 Å². The molecule has 6 heteroatoms. The largest absolute Gasteiger partial charge is 0.394 e. The number of aliphatic hydroxyl groups excluding tert-OH is 2. The van der Waals surface area contributed by atoms with Gasteiger partial charge in [0.15, 0.2) is 0 Å². The van der Waals surface area contributed by atoms with Crippen molar-refractivity contribution in [3.63, 3.8) is 0 Å². The molecule has 5 nitrogen and oxygen atoms in total. The lowest BCUT2D eigenvalue weighted by molar-refractivity contribution is 0.147. The highest BCUT2D eigenvalue weighted by atomic mass is 32.1. The zero-order valence-corrected chi connectivity index (χ0v) is 11.5. The molecule has 0 fully saturated rings. The number of hydrogen-bond acceptors (Lipinski definition) is 6. The van der Waals surface area contributed by atoms with Crippen LogP contribution in [0.25, 0.3) is 10.2 Å². The summed E-state index contributed by atoms with van der Waals surface area (Å²) in [6.07, 6.45) is 0. The fourth-order valence-electron chi connectivity index (χ4n) is 1.70. The van der Waals surface area contributed by atoms with E-state index < -0.39 is 5.54 Å². The first-order chi connectivity index (χ1) is 8.49. The van der Waals surface area contributed by atoms with Gasteiger partial charge in [-0.2, -0.15) is 0 Å². The van der Waals surface area contributed by atoms with Crippen LogP contribution in [0, 0.1) is 13.8 Å². The standard InChI is InChI=1S/C12H17N3O2S/c1-7-4-18-11-9(7)10(13-8(2)14-11)15-12(3,5-16)6-17/h4,16-17H,5-6H2,1-3H3,(H,13,14,15). The highest BCUT2D eigenvalue weighted by molar-refractivity contribution is 7.17. The number of aromatic nitrogens is 2. The summed E-state index contributed by atoms with van der Waals surface area (Å²) >= 11 is 1.57. The van der Waals surface area contributed by atoms with E-state index in [2.05, 4.69) is 15.3 Å². The fraction of sp³-hybridized carbons (Fsp3) is 0.500. The van der Waals surface area contributed by atoms with Crippen LogP contribution < -0.4 is 5.32 Å². The second-order valence-corrected chi connectivity index (χ2v) is 5.58. The van der Waals surface area contributed by atoms with Crippen molar-refractivity contribution in [1.29, 1.82) is 0 Å². The van der Waals surface area contributed by atoms with Crippen LogP contribution in [0.5, 0.6) is 0 Å². The Morgan fingerprint density at radius 3 is 2.56 bits per heavy atom. The number of fused-ring (bicyclic) bond motifs is 1. The molecule has 0 spiro atoms. The van der Waals surface area contributed by atoms with E-state index in [1.54, 1.807) is 18.3 Å². The van der Waals surface area contributed by atoms with Gasteiger partial charge in [0.05, 0.1) is 24.1 Å². The number of anilines is 1. The normalized spacial score (nSPS) is 12.1. The molecule has 2 aromatic rings. The SMILES string of the molecule is Cc1nc(NC(C)(CO)CO)c2c(C)csc2n1. The van der Waals surface area contributed by atoms with E-state index in [4.69, 9.17) is 0 Å². The summed E-state index contributed by atoms with van der Waals surface area (Å²) in [4.78, 5) is 9.68. The van der Waals surface area contributed by atoms with E-state index in [1.165, 1.54) is 0 Å². The summed E-state index contributed by atoms with van der Waals surface area (Å²) in [6, 6.07) is 0. The van der Waals surface area contributed by atoms with Gasteiger partial charge in [0.2, 0.25) is 0 Å². The molecule has 0 aliphatic carbocycles. The molecular formula is C12H17N3O2S. The monoisotopic (exact) mass is 267 g/mol. The predicted molar refractivity (Wildman–Crippen MR) is 73.1 cm³/mol. The van der Waals surface area contributed by atoms with Crippen LogP contribution in [0.15, 0.2) is 5.38 Å². The van der Waals surface area contributed by atoms with Gasteiger partial charge in [-0.1, -0.05) is 0 Å². The maximum absolute atomic E-state index is 9.34. The number of thiophene rings is 1.